The standard InChI is InChI=1S/C22H18Cl3F3N2O3S3/c1-30-5-4-15(11-30)33-18-9-14(2-3-17(18)22(26,27)28)29-36(31,32)21-19(10-20(25)35-21)34-16-7-12(23)6-13(24)8-16/h2-3,6-10,15,29H,4-5,11H2,1H3. The van der Waals surface area contributed by atoms with Gasteiger partial charge < -0.3 is 9.64 Å². The van der Waals surface area contributed by atoms with Gasteiger partial charge in [0, 0.05) is 39.0 Å². The summed E-state index contributed by atoms with van der Waals surface area (Å²) in [6, 6.07) is 9.17. The second-order valence-electron chi connectivity index (χ2n) is 8.01. The van der Waals surface area contributed by atoms with Gasteiger partial charge in [-0.25, -0.2) is 8.42 Å². The summed E-state index contributed by atoms with van der Waals surface area (Å²) < 4.78 is 75.4. The van der Waals surface area contributed by atoms with Crippen molar-refractivity contribution in [2.24, 2.45) is 0 Å². The lowest BCUT2D eigenvalue weighted by atomic mass is 10.1. The van der Waals surface area contributed by atoms with Crippen molar-refractivity contribution in [2.45, 2.75) is 32.7 Å². The van der Waals surface area contributed by atoms with Crippen LogP contribution in [0.25, 0.3) is 0 Å². The van der Waals surface area contributed by atoms with E-state index in [1.165, 1.54) is 6.07 Å². The summed E-state index contributed by atoms with van der Waals surface area (Å²) in [5, 5.41) is 0.749. The van der Waals surface area contributed by atoms with Crippen LogP contribution >= 0.6 is 57.9 Å². The third-order valence-corrected chi connectivity index (χ3v) is 10.0. The van der Waals surface area contributed by atoms with Crippen LogP contribution in [-0.2, 0) is 16.2 Å². The molecule has 36 heavy (non-hydrogen) atoms. The molecule has 4 rings (SSSR count). The van der Waals surface area contributed by atoms with Gasteiger partial charge in [0.1, 0.15) is 11.9 Å². The molecule has 1 aromatic heterocycles. The molecule has 0 radical (unpaired) electrons. The molecule has 1 aliphatic heterocycles. The average molecular weight is 618 g/mol. The Morgan fingerprint density at radius 1 is 1.11 bits per heavy atom. The Labute approximate surface area is 229 Å². The number of rotatable bonds is 7. The second kappa shape index (κ2) is 10.8. The lowest BCUT2D eigenvalue weighted by molar-refractivity contribution is -0.139. The van der Waals surface area contributed by atoms with Crippen LogP contribution in [0.1, 0.15) is 12.0 Å². The Morgan fingerprint density at radius 3 is 2.42 bits per heavy atom. The van der Waals surface area contributed by atoms with Crippen molar-refractivity contribution in [3.8, 4) is 5.75 Å². The van der Waals surface area contributed by atoms with E-state index in [4.69, 9.17) is 39.5 Å². The first kappa shape index (κ1) is 27.7. The molecule has 5 nitrogen and oxygen atoms in total. The SMILES string of the molecule is CN1CCC(Oc2cc(NS(=O)(=O)c3sc(Cl)cc3Sc3cc(Cl)cc(Cl)c3)ccc2C(F)(F)F)C1. The molecular weight excluding hydrogens is 600 g/mol. The van der Waals surface area contributed by atoms with Crippen molar-refractivity contribution in [3.05, 3.63) is 62.4 Å². The van der Waals surface area contributed by atoms with Crippen LogP contribution in [-0.4, -0.2) is 39.6 Å². The lowest BCUT2D eigenvalue weighted by Crippen LogP contribution is -2.23. The zero-order valence-corrected chi connectivity index (χ0v) is 23.1. The van der Waals surface area contributed by atoms with Gasteiger partial charge >= 0.3 is 6.18 Å². The number of nitrogens with zero attached hydrogens (tertiary/aromatic N) is 1. The molecule has 1 saturated heterocycles. The van der Waals surface area contributed by atoms with E-state index in [-0.39, 0.29) is 14.2 Å². The average Bonchev–Trinajstić information content (AvgIpc) is 3.31. The molecular formula is C22H18Cl3F3N2O3S3. The number of benzene rings is 2. The van der Waals surface area contributed by atoms with Gasteiger partial charge in [-0.1, -0.05) is 46.6 Å². The predicted molar refractivity (Wildman–Crippen MR) is 139 cm³/mol. The van der Waals surface area contributed by atoms with Crippen LogP contribution < -0.4 is 9.46 Å². The molecule has 1 fully saturated rings. The van der Waals surface area contributed by atoms with Crippen LogP contribution in [0.3, 0.4) is 0 Å². The highest BCUT2D eigenvalue weighted by atomic mass is 35.5. The monoisotopic (exact) mass is 616 g/mol. The Kier molecular flexibility index (Phi) is 8.31. The first-order chi connectivity index (χ1) is 16.8. The smallest absolute Gasteiger partial charge is 0.419 e. The Morgan fingerprint density at radius 2 is 1.81 bits per heavy atom. The van der Waals surface area contributed by atoms with E-state index in [2.05, 4.69) is 4.72 Å². The number of thiophene rings is 1. The van der Waals surface area contributed by atoms with Crippen molar-refractivity contribution in [1.82, 2.24) is 4.90 Å². The number of hydrogen-bond acceptors (Lipinski definition) is 6. The first-order valence-corrected chi connectivity index (χ1v) is 14.6. The third kappa shape index (κ3) is 6.75. The van der Waals surface area contributed by atoms with Gasteiger partial charge in [0.15, 0.2) is 4.21 Å². The molecule has 2 aromatic carbocycles. The topological polar surface area (TPSA) is 58.6 Å². The molecule has 194 valence electrons. The summed E-state index contributed by atoms with van der Waals surface area (Å²) in [6.45, 7) is 1.16. The van der Waals surface area contributed by atoms with Crippen LogP contribution in [0.15, 0.2) is 56.5 Å². The first-order valence-electron chi connectivity index (χ1n) is 10.3. The van der Waals surface area contributed by atoms with E-state index < -0.39 is 33.6 Å². The van der Waals surface area contributed by atoms with Crippen LogP contribution in [0.4, 0.5) is 18.9 Å². The summed E-state index contributed by atoms with van der Waals surface area (Å²) in [5.41, 5.74) is -1.05. The number of nitrogens with one attached hydrogen (secondary N) is 1. The van der Waals surface area contributed by atoms with E-state index in [0.717, 1.165) is 41.3 Å². The van der Waals surface area contributed by atoms with Crippen molar-refractivity contribution in [2.75, 3.05) is 24.9 Å². The number of hydrogen-bond donors (Lipinski definition) is 1. The molecule has 3 aromatic rings. The molecule has 1 unspecified atom stereocenters. The summed E-state index contributed by atoms with van der Waals surface area (Å²) in [5.74, 6) is -0.435. The number of sulfonamides is 1. The van der Waals surface area contributed by atoms with Gasteiger partial charge in [-0.15, -0.1) is 11.3 Å². The largest absolute Gasteiger partial charge is 0.488 e. The summed E-state index contributed by atoms with van der Waals surface area (Å²) >= 11 is 20.1. The highest BCUT2D eigenvalue weighted by molar-refractivity contribution is 8.01. The molecule has 2 heterocycles. The molecule has 1 N–H and O–H groups in total. The maximum atomic E-state index is 13.6. The summed E-state index contributed by atoms with van der Waals surface area (Å²) in [6.07, 6.45) is -4.54. The Bertz CT molecular complexity index is 1360. The second-order valence-corrected chi connectivity index (χ2v) is 13.6. The fraction of sp³-hybridized carbons (Fsp3) is 0.273. The zero-order valence-electron chi connectivity index (χ0n) is 18.4. The minimum Gasteiger partial charge on any atom is -0.488 e. The van der Waals surface area contributed by atoms with Gasteiger partial charge in [0.2, 0.25) is 0 Å². The fourth-order valence-corrected chi connectivity index (χ4v) is 8.66. The highest BCUT2D eigenvalue weighted by Crippen LogP contribution is 2.43. The highest BCUT2D eigenvalue weighted by Gasteiger charge is 2.36. The third-order valence-electron chi connectivity index (χ3n) is 5.12. The maximum Gasteiger partial charge on any atom is 0.419 e. The van der Waals surface area contributed by atoms with Crippen molar-refractivity contribution in [3.63, 3.8) is 0 Å². The van der Waals surface area contributed by atoms with Gasteiger partial charge in [-0.3, -0.25) is 4.72 Å². The predicted octanol–water partition coefficient (Wildman–Crippen LogP) is 7.76. The Balaban J connectivity index is 1.63. The van der Waals surface area contributed by atoms with Crippen molar-refractivity contribution < 1.29 is 26.3 Å². The van der Waals surface area contributed by atoms with E-state index in [9.17, 15) is 21.6 Å². The summed E-state index contributed by atoms with van der Waals surface area (Å²) in [7, 11) is -2.37. The van der Waals surface area contributed by atoms with Crippen LogP contribution in [0.5, 0.6) is 5.75 Å². The number of likely N-dealkylation sites (N-methyl/N-ethyl adjacent to an activating group) is 1. The van der Waals surface area contributed by atoms with Gasteiger partial charge in [0.25, 0.3) is 10.0 Å². The number of ether oxygens (including phenoxy) is 1. The Hall–Kier alpha value is -1.34. The van der Waals surface area contributed by atoms with Crippen LogP contribution in [0.2, 0.25) is 14.4 Å². The van der Waals surface area contributed by atoms with Crippen molar-refractivity contribution >= 4 is 73.6 Å². The van der Waals surface area contributed by atoms with Gasteiger partial charge in [0.05, 0.1) is 15.6 Å². The molecule has 0 spiro atoms. The minimum atomic E-state index is -4.67. The molecule has 0 saturated carbocycles. The van der Waals surface area contributed by atoms with E-state index in [0.29, 0.717) is 39.3 Å². The van der Waals surface area contributed by atoms with Crippen molar-refractivity contribution in [1.29, 1.82) is 0 Å². The number of likely N-dealkylation sites (tertiary alicyclic amines) is 1. The maximum absolute atomic E-state index is 13.6. The van der Waals surface area contributed by atoms with E-state index >= 15 is 0 Å². The summed E-state index contributed by atoms with van der Waals surface area (Å²) in [4.78, 5) is 2.84. The molecule has 1 atom stereocenters. The zero-order chi connectivity index (χ0) is 26.3. The molecule has 1 aliphatic rings. The van der Waals surface area contributed by atoms with Gasteiger partial charge in [-0.2, -0.15) is 13.2 Å². The number of anilines is 1. The van der Waals surface area contributed by atoms with Gasteiger partial charge in [-0.05, 0) is 49.9 Å². The number of alkyl halides is 3. The quantitative estimate of drug-likeness (QED) is 0.294. The normalized spacial score (nSPS) is 16.9. The van der Waals surface area contributed by atoms with Crippen LogP contribution in [0, 0.1) is 0 Å². The molecule has 14 heteroatoms. The molecule has 0 aliphatic carbocycles. The molecule has 0 bridgehead atoms. The van der Waals surface area contributed by atoms with E-state index in [1.54, 1.807) is 18.2 Å². The molecule has 0 amide bonds. The minimum absolute atomic E-state index is 0.0735. The lowest BCUT2D eigenvalue weighted by Gasteiger charge is -2.19. The van der Waals surface area contributed by atoms with E-state index in [1.807, 2.05) is 11.9 Å². The fourth-order valence-electron chi connectivity index (χ4n) is 3.59. The number of halogens is 6.